The van der Waals surface area contributed by atoms with Crippen LogP contribution in [0.2, 0.25) is 0 Å². The van der Waals surface area contributed by atoms with E-state index in [0.29, 0.717) is 19.1 Å². The highest BCUT2D eigenvalue weighted by Gasteiger charge is 2.25. The largest absolute Gasteiger partial charge is 0.381 e. The molecule has 232 valence electrons. The van der Waals surface area contributed by atoms with Crippen LogP contribution in [0, 0.1) is 12.8 Å². The van der Waals surface area contributed by atoms with E-state index in [-0.39, 0.29) is 17.6 Å². The van der Waals surface area contributed by atoms with Crippen LogP contribution in [0.1, 0.15) is 122 Å². The molecule has 0 spiro atoms. The maximum absolute atomic E-state index is 12.2. The summed E-state index contributed by atoms with van der Waals surface area (Å²) in [6, 6.07) is 6.74. The number of hydrogen-bond donors (Lipinski definition) is 0. The van der Waals surface area contributed by atoms with Gasteiger partial charge in [0.25, 0.3) is 10.1 Å². The van der Waals surface area contributed by atoms with Gasteiger partial charge in [-0.2, -0.15) is 8.42 Å². The van der Waals surface area contributed by atoms with Crippen LogP contribution in [-0.2, 0) is 28.5 Å². The van der Waals surface area contributed by atoms with Crippen LogP contribution < -0.4 is 0 Å². The van der Waals surface area contributed by atoms with Gasteiger partial charge in [-0.3, -0.25) is 4.18 Å². The molecule has 0 aromatic heterocycles. The normalized spacial score (nSPS) is 17.6. The average Bonchev–Trinajstić information content (AvgIpc) is 3.40. The first-order valence-corrected chi connectivity index (χ1v) is 17.6. The van der Waals surface area contributed by atoms with Crippen LogP contribution in [-0.4, -0.2) is 54.2 Å². The fourth-order valence-corrected chi connectivity index (χ4v) is 6.07. The van der Waals surface area contributed by atoms with Crippen molar-refractivity contribution in [1.29, 1.82) is 0 Å². The lowest BCUT2D eigenvalue weighted by Gasteiger charge is -2.11. The highest BCUT2D eigenvalue weighted by atomic mass is 32.2. The molecule has 0 bridgehead atoms. The first-order chi connectivity index (χ1) is 19.5. The Morgan fingerprint density at radius 3 is 1.77 bits per heavy atom. The minimum atomic E-state index is -3.66. The summed E-state index contributed by atoms with van der Waals surface area (Å²) in [7, 11) is -3.66. The van der Waals surface area contributed by atoms with Gasteiger partial charge in [-0.1, -0.05) is 108 Å². The van der Waals surface area contributed by atoms with Gasteiger partial charge in [-0.05, 0) is 44.7 Å². The van der Waals surface area contributed by atoms with E-state index in [2.05, 4.69) is 6.92 Å². The molecule has 0 N–H and O–H groups in total. The molecular weight excluding hydrogens is 524 g/mol. The summed E-state index contributed by atoms with van der Waals surface area (Å²) >= 11 is 0. The summed E-state index contributed by atoms with van der Waals surface area (Å²) in [5, 5.41) is 0. The number of benzene rings is 1. The summed E-state index contributed by atoms with van der Waals surface area (Å²) < 4.78 is 47.2. The number of unbranched alkanes of at least 4 members (excludes halogenated alkanes) is 14. The van der Waals surface area contributed by atoms with Gasteiger partial charge in [0.15, 0.2) is 0 Å². The second-order valence-electron chi connectivity index (χ2n) is 11.6. The van der Waals surface area contributed by atoms with Crippen LogP contribution in [0.25, 0.3) is 0 Å². The molecule has 6 nitrogen and oxygen atoms in total. The standard InChI is InChI=1S/C33H58O6S/c1-3-4-5-6-7-8-9-10-11-12-13-16-23-36-27-31-26-32(38-28-31)29-37-24-17-14-15-18-25-39-40(34,35)33-21-19-30(2)20-22-33/h19-22,31-32H,3-18,23-29H2,1-2H3. The Kier molecular flexibility index (Phi) is 19.9. The van der Waals surface area contributed by atoms with Crippen molar-refractivity contribution in [3.05, 3.63) is 29.8 Å². The van der Waals surface area contributed by atoms with Crippen molar-refractivity contribution in [2.75, 3.05) is 39.6 Å². The molecule has 0 aliphatic carbocycles. The number of aryl methyl sites for hydroxylation is 1. The molecule has 2 atom stereocenters. The van der Waals surface area contributed by atoms with Gasteiger partial charge in [0.05, 0.1) is 37.4 Å². The maximum atomic E-state index is 12.2. The third kappa shape index (κ3) is 17.1. The van der Waals surface area contributed by atoms with Crippen molar-refractivity contribution >= 4 is 10.1 Å². The molecule has 1 aromatic rings. The first kappa shape index (κ1) is 35.2. The first-order valence-electron chi connectivity index (χ1n) is 16.2. The predicted octanol–water partition coefficient (Wildman–Crippen LogP) is 8.40. The Morgan fingerprint density at radius 2 is 1.20 bits per heavy atom. The molecule has 1 aliphatic heterocycles. The fourth-order valence-electron chi connectivity index (χ4n) is 5.12. The van der Waals surface area contributed by atoms with E-state index in [4.69, 9.17) is 18.4 Å². The minimum absolute atomic E-state index is 0.181. The van der Waals surface area contributed by atoms with E-state index in [0.717, 1.165) is 57.5 Å². The van der Waals surface area contributed by atoms with Gasteiger partial charge in [0.2, 0.25) is 0 Å². The zero-order valence-corrected chi connectivity index (χ0v) is 26.4. The van der Waals surface area contributed by atoms with Crippen LogP contribution >= 0.6 is 0 Å². The predicted molar refractivity (Wildman–Crippen MR) is 163 cm³/mol. The van der Waals surface area contributed by atoms with Gasteiger partial charge >= 0.3 is 0 Å². The van der Waals surface area contributed by atoms with Crippen LogP contribution in [0.3, 0.4) is 0 Å². The van der Waals surface area contributed by atoms with E-state index in [9.17, 15) is 8.42 Å². The molecule has 1 fully saturated rings. The SMILES string of the molecule is CCCCCCCCCCCCCCOCC1COC(COCCCCCCOS(=O)(=O)c2ccc(C)cc2)C1. The van der Waals surface area contributed by atoms with Gasteiger partial charge in [0, 0.05) is 19.1 Å². The number of ether oxygens (including phenoxy) is 3. The van der Waals surface area contributed by atoms with Crippen LogP contribution in [0.5, 0.6) is 0 Å². The van der Waals surface area contributed by atoms with Crippen molar-refractivity contribution in [3.8, 4) is 0 Å². The van der Waals surface area contributed by atoms with Crippen molar-refractivity contribution in [1.82, 2.24) is 0 Å². The molecule has 40 heavy (non-hydrogen) atoms. The van der Waals surface area contributed by atoms with E-state index >= 15 is 0 Å². The van der Waals surface area contributed by atoms with E-state index in [1.807, 2.05) is 6.92 Å². The lowest BCUT2D eigenvalue weighted by molar-refractivity contribution is 0.0140. The number of hydrogen-bond acceptors (Lipinski definition) is 6. The van der Waals surface area contributed by atoms with E-state index in [1.165, 1.54) is 77.0 Å². The van der Waals surface area contributed by atoms with E-state index < -0.39 is 10.1 Å². The molecule has 2 unspecified atom stereocenters. The van der Waals surface area contributed by atoms with Crippen LogP contribution in [0.4, 0.5) is 0 Å². The Hall–Kier alpha value is -0.990. The van der Waals surface area contributed by atoms with Gasteiger partial charge in [-0.15, -0.1) is 0 Å². The molecule has 0 saturated carbocycles. The molecule has 1 aromatic carbocycles. The Balaban J connectivity index is 1.32. The highest BCUT2D eigenvalue weighted by Crippen LogP contribution is 2.21. The third-order valence-corrected chi connectivity index (χ3v) is 9.02. The minimum Gasteiger partial charge on any atom is -0.381 e. The Labute approximate surface area is 246 Å². The number of rotatable bonds is 26. The summed E-state index contributed by atoms with van der Waals surface area (Å²) in [5.41, 5.74) is 1.02. The Bertz CT molecular complexity index is 826. The second kappa shape index (κ2) is 22.6. The zero-order valence-electron chi connectivity index (χ0n) is 25.6. The topological polar surface area (TPSA) is 71.1 Å². The summed E-state index contributed by atoms with van der Waals surface area (Å²) in [6.45, 7) is 8.23. The quantitative estimate of drug-likeness (QED) is 0.0807. The highest BCUT2D eigenvalue weighted by molar-refractivity contribution is 7.86. The van der Waals surface area contributed by atoms with Gasteiger partial charge in [0.1, 0.15) is 0 Å². The third-order valence-electron chi connectivity index (χ3n) is 7.69. The van der Waals surface area contributed by atoms with Crippen LogP contribution in [0.15, 0.2) is 29.2 Å². The monoisotopic (exact) mass is 582 g/mol. The maximum Gasteiger partial charge on any atom is 0.296 e. The molecule has 2 rings (SSSR count). The summed E-state index contributed by atoms with van der Waals surface area (Å²) in [4.78, 5) is 0.217. The van der Waals surface area contributed by atoms with Crippen molar-refractivity contribution < 1.29 is 26.8 Å². The molecule has 1 heterocycles. The Morgan fingerprint density at radius 1 is 0.700 bits per heavy atom. The van der Waals surface area contributed by atoms with Gasteiger partial charge in [-0.25, -0.2) is 0 Å². The second-order valence-corrected chi connectivity index (χ2v) is 13.2. The molecule has 0 radical (unpaired) electrons. The molecule has 0 amide bonds. The zero-order chi connectivity index (χ0) is 28.7. The lowest BCUT2D eigenvalue weighted by atomic mass is 10.1. The molecule has 1 aliphatic rings. The van der Waals surface area contributed by atoms with Crippen molar-refractivity contribution in [2.24, 2.45) is 5.92 Å². The summed E-state index contributed by atoms with van der Waals surface area (Å²) in [6.07, 6.45) is 21.2. The van der Waals surface area contributed by atoms with E-state index in [1.54, 1.807) is 24.3 Å². The smallest absolute Gasteiger partial charge is 0.296 e. The lowest BCUT2D eigenvalue weighted by Crippen LogP contribution is -2.15. The summed E-state index contributed by atoms with van der Waals surface area (Å²) in [5.74, 6) is 0.488. The fraction of sp³-hybridized carbons (Fsp3) is 0.818. The molecule has 7 heteroatoms. The van der Waals surface area contributed by atoms with Crippen molar-refractivity contribution in [2.45, 2.75) is 134 Å². The average molecular weight is 583 g/mol. The molecule has 1 saturated heterocycles. The van der Waals surface area contributed by atoms with Gasteiger partial charge < -0.3 is 14.2 Å². The van der Waals surface area contributed by atoms with Crippen molar-refractivity contribution in [3.63, 3.8) is 0 Å². The molecular formula is C33H58O6S.